The van der Waals surface area contributed by atoms with Crippen LogP contribution in [-0.2, 0) is 30.3 Å². The number of rotatable bonds is 9. The lowest BCUT2D eigenvalue weighted by Crippen LogP contribution is -2.56. The Bertz CT molecular complexity index is 1640. The van der Waals surface area contributed by atoms with E-state index in [9.17, 15) is 49.5 Å². The molecule has 1 aliphatic heterocycles. The van der Waals surface area contributed by atoms with Crippen molar-refractivity contribution < 1.29 is 63.7 Å². The van der Waals surface area contributed by atoms with Gasteiger partial charge in [0.05, 0.1) is 42.0 Å². The summed E-state index contributed by atoms with van der Waals surface area (Å²) < 4.78 is 17.2. The van der Waals surface area contributed by atoms with Crippen LogP contribution in [0.1, 0.15) is 81.7 Å². The molecule has 0 aromatic heterocycles. The monoisotopic (exact) mass is 642 g/mol. The topological polar surface area (TPSA) is 252 Å². The van der Waals surface area contributed by atoms with E-state index in [2.05, 4.69) is 5.32 Å². The summed E-state index contributed by atoms with van der Waals surface area (Å²) in [7, 11) is 1.30. The Balaban J connectivity index is 1.57. The second kappa shape index (κ2) is 12.4. The van der Waals surface area contributed by atoms with Gasteiger partial charge in [0, 0.05) is 48.8 Å². The summed E-state index contributed by atoms with van der Waals surface area (Å²) in [5.41, 5.74) is 1.02. The summed E-state index contributed by atoms with van der Waals surface area (Å²) in [5, 5.41) is 57.4. The first-order chi connectivity index (χ1) is 21.7. The van der Waals surface area contributed by atoms with E-state index in [0.717, 1.165) is 0 Å². The average molecular weight is 643 g/mol. The fraction of sp³-hybridized carbons (Fsp3) is 0.452. The minimum atomic E-state index is -2.34. The third kappa shape index (κ3) is 5.60. The molecule has 15 nitrogen and oxygen atoms in total. The van der Waals surface area contributed by atoms with Crippen LogP contribution in [0, 0.1) is 0 Å². The summed E-state index contributed by atoms with van der Waals surface area (Å²) in [6.07, 6.45) is -6.68. The molecule has 6 atom stereocenters. The molecule has 0 unspecified atom stereocenters. The van der Waals surface area contributed by atoms with E-state index >= 15 is 0 Å². The Labute approximate surface area is 261 Å². The van der Waals surface area contributed by atoms with Gasteiger partial charge in [0.1, 0.15) is 35.6 Å². The van der Waals surface area contributed by atoms with Crippen LogP contribution in [0.25, 0.3) is 0 Å². The van der Waals surface area contributed by atoms with Gasteiger partial charge >= 0.3 is 0 Å². The molecule has 2 aliphatic carbocycles. The van der Waals surface area contributed by atoms with E-state index in [1.165, 1.54) is 32.2 Å². The highest BCUT2D eigenvalue weighted by molar-refractivity contribution is 6.31. The number of benzene rings is 2. The fourth-order valence-electron chi connectivity index (χ4n) is 6.37. The first kappa shape index (κ1) is 33.0. The van der Waals surface area contributed by atoms with Crippen LogP contribution in [0.5, 0.6) is 17.2 Å². The van der Waals surface area contributed by atoms with Gasteiger partial charge in [-0.15, -0.1) is 0 Å². The molecule has 0 saturated carbocycles. The zero-order valence-corrected chi connectivity index (χ0v) is 24.9. The quantitative estimate of drug-likeness (QED) is 0.145. The first-order valence-corrected chi connectivity index (χ1v) is 14.5. The van der Waals surface area contributed by atoms with Gasteiger partial charge in [-0.25, -0.2) is 0 Å². The predicted octanol–water partition coefficient (Wildman–Crippen LogP) is -0.576. The number of hydrogen-bond acceptors (Lipinski definition) is 13. The summed E-state index contributed by atoms with van der Waals surface area (Å²) >= 11 is 0. The van der Waals surface area contributed by atoms with E-state index in [-0.39, 0.29) is 47.3 Å². The van der Waals surface area contributed by atoms with Gasteiger partial charge < -0.3 is 50.8 Å². The number of amides is 2. The largest absolute Gasteiger partial charge is 0.507 e. The number of ketones is 3. The fourth-order valence-corrected chi connectivity index (χ4v) is 6.37. The van der Waals surface area contributed by atoms with Crippen molar-refractivity contribution in [3.05, 3.63) is 51.6 Å². The number of aliphatic hydroxyl groups excluding tert-OH is 2. The lowest BCUT2D eigenvalue weighted by atomic mass is 9.72. The molecule has 2 amide bonds. The minimum absolute atomic E-state index is 0.0564. The third-order valence-corrected chi connectivity index (χ3v) is 8.71. The maximum Gasteiger partial charge on any atom is 0.220 e. The van der Waals surface area contributed by atoms with Gasteiger partial charge in [0.15, 0.2) is 17.9 Å². The number of carbonyl (C=O) groups excluding carboxylic acids is 5. The number of methoxy groups -OCH3 is 1. The van der Waals surface area contributed by atoms with Crippen molar-refractivity contribution in [2.45, 2.75) is 75.3 Å². The van der Waals surface area contributed by atoms with Crippen LogP contribution in [-0.4, -0.2) is 98.6 Å². The minimum Gasteiger partial charge on any atom is -0.507 e. The van der Waals surface area contributed by atoms with Gasteiger partial charge in [-0.05, 0) is 13.0 Å². The molecule has 8 N–H and O–H groups in total. The van der Waals surface area contributed by atoms with E-state index in [1.54, 1.807) is 0 Å². The van der Waals surface area contributed by atoms with Gasteiger partial charge in [0.2, 0.25) is 17.6 Å². The van der Waals surface area contributed by atoms with Crippen molar-refractivity contribution in [3.8, 4) is 17.2 Å². The van der Waals surface area contributed by atoms with E-state index in [1.807, 2.05) is 0 Å². The van der Waals surface area contributed by atoms with Crippen LogP contribution in [0.4, 0.5) is 0 Å². The third-order valence-electron chi connectivity index (χ3n) is 8.71. The van der Waals surface area contributed by atoms with Crippen molar-refractivity contribution in [2.24, 2.45) is 5.73 Å². The molecule has 0 radical (unpaired) electrons. The standard InChI is InChI=1S/C31H34N2O13/c1-12-26(38)15(33-20(37)7-6-19(32)36)8-21(45-12)46-17-10-31(43,18(35)11-34)9-14-23(17)30(42)25-24(28(14)40)27(39)13-4-3-5-16(44-2)22(13)29(25)41/h3-5,12,15,17,21,26,34,38,40,42-43H,6-11H2,1-2H3,(H2,32,36)(H,33,37)/t12-,15-,17-,21-,26+,31-/m0/s1. The molecule has 0 bridgehead atoms. The Kier molecular flexibility index (Phi) is 8.90. The lowest BCUT2D eigenvalue weighted by molar-refractivity contribution is -0.249. The molecule has 2 aromatic carbocycles. The number of phenols is 2. The number of carbonyl (C=O) groups is 5. The second-order valence-corrected chi connectivity index (χ2v) is 11.6. The molecule has 0 spiro atoms. The zero-order valence-electron chi connectivity index (χ0n) is 24.9. The predicted molar refractivity (Wildman–Crippen MR) is 154 cm³/mol. The molecule has 1 fully saturated rings. The molecule has 3 aliphatic rings. The highest BCUT2D eigenvalue weighted by Crippen LogP contribution is 2.52. The van der Waals surface area contributed by atoms with Crippen molar-refractivity contribution in [1.29, 1.82) is 0 Å². The van der Waals surface area contributed by atoms with Crippen LogP contribution in [0.3, 0.4) is 0 Å². The molecule has 15 heteroatoms. The smallest absolute Gasteiger partial charge is 0.220 e. The van der Waals surface area contributed by atoms with Crippen LogP contribution in [0.15, 0.2) is 18.2 Å². The number of aromatic hydroxyl groups is 2. The molecule has 1 saturated heterocycles. The Morgan fingerprint density at radius 2 is 1.78 bits per heavy atom. The van der Waals surface area contributed by atoms with Crippen LogP contribution in [0.2, 0.25) is 0 Å². The lowest BCUT2D eigenvalue weighted by Gasteiger charge is -2.43. The highest BCUT2D eigenvalue weighted by Gasteiger charge is 2.50. The molecule has 46 heavy (non-hydrogen) atoms. The number of Topliss-reactive ketones (excluding diaryl/α,β-unsaturated/α-hetero) is 1. The summed E-state index contributed by atoms with van der Waals surface area (Å²) in [6.45, 7) is 0.418. The number of phenolic OH excluding ortho intramolecular Hbond substituents is 2. The van der Waals surface area contributed by atoms with Crippen LogP contribution < -0.4 is 15.8 Å². The molecule has 246 valence electrons. The Morgan fingerprint density at radius 1 is 1.09 bits per heavy atom. The van der Waals surface area contributed by atoms with Gasteiger partial charge in [-0.1, -0.05) is 12.1 Å². The number of hydrogen-bond donors (Lipinski definition) is 7. The molecule has 2 aromatic rings. The van der Waals surface area contributed by atoms with Crippen molar-refractivity contribution in [3.63, 3.8) is 0 Å². The van der Waals surface area contributed by atoms with Crippen molar-refractivity contribution >= 4 is 29.2 Å². The number of primary amides is 1. The number of nitrogens with two attached hydrogens (primary N) is 1. The number of aliphatic hydroxyl groups is 3. The molecule has 5 rings (SSSR count). The average Bonchev–Trinajstić information content (AvgIpc) is 3.01. The van der Waals surface area contributed by atoms with Crippen molar-refractivity contribution in [1.82, 2.24) is 5.32 Å². The summed E-state index contributed by atoms with van der Waals surface area (Å²) in [6, 6.07) is 3.34. The molecular formula is C31H34N2O13. The van der Waals surface area contributed by atoms with E-state index in [4.69, 9.17) is 19.9 Å². The highest BCUT2D eigenvalue weighted by atomic mass is 16.7. The molecular weight excluding hydrogens is 608 g/mol. The SMILES string of the molecule is COc1cccc2c1C(=O)c1c(O)c3c(c(O)c1C2=O)C[C@@](O)(C(=O)CO)C[C@@H]3O[C@H]1C[C@H](NC(=O)CCC(N)=O)[C@H](O)[C@H](C)O1. The second-order valence-electron chi connectivity index (χ2n) is 11.6. The van der Waals surface area contributed by atoms with E-state index in [0.29, 0.717) is 0 Å². The summed E-state index contributed by atoms with van der Waals surface area (Å²) in [5.74, 6) is -5.38. The normalized spacial score (nSPS) is 26.8. The maximum atomic E-state index is 13.8. The van der Waals surface area contributed by atoms with Crippen molar-refractivity contribution in [2.75, 3.05) is 13.7 Å². The van der Waals surface area contributed by atoms with E-state index < -0.39 is 107 Å². The van der Waals surface area contributed by atoms with Gasteiger partial charge in [-0.2, -0.15) is 0 Å². The van der Waals surface area contributed by atoms with Crippen LogP contribution >= 0.6 is 0 Å². The number of ether oxygens (including phenoxy) is 3. The Morgan fingerprint density at radius 3 is 2.43 bits per heavy atom. The molecule has 1 heterocycles. The van der Waals surface area contributed by atoms with Gasteiger partial charge in [-0.3, -0.25) is 24.0 Å². The Hall–Kier alpha value is -4.41. The van der Waals surface area contributed by atoms with Gasteiger partial charge in [0.25, 0.3) is 0 Å². The summed E-state index contributed by atoms with van der Waals surface area (Å²) in [4.78, 5) is 63.7. The zero-order chi connectivity index (χ0) is 33.7. The number of fused-ring (bicyclic) bond motifs is 3. The number of nitrogens with one attached hydrogen (secondary N) is 1. The first-order valence-electron chi connectivity index (χ1n) is 14.5. The maximum absolute atomic E-state index is 13.8.